The molecule has 1 aromatic carbocycles. The predicted octanol–water partition coefficient (Wildman–Crippen LogP) is 2.70. The summed E-state index contributed by atoms with van der Waals surface area (Å²) < 4.78 is 4.86. The van der Waals surface area contributed by atoms with Crippen molar-refractivity contribution in [2.24, 2.45) is 5.10 Å². The molecule has 1 aromatic heterocycles. The van der Waals surface area contributed by atoms with Crippen LogP contribution in [-0.4, -0.2) is 34.9 Å². The first-order valence-corrected chi connectivity index (χ1v) is 8.10. The lowest BCUT2D eigenvalue weighted by Gasteiger charge is -2.01. The first-order chi connectivity index (χ1) is 11.5. The average molecular weight is 347 g/mol. The van der Waals surface area contributed by atoms with E-state index >= 15 is 0 Å². The van der Waals surface area contributed by atoms with E-state index in [2.05, 4.69) is 15.5 Å². The van der Waals surface area contributed by atoms with E-state index in [4.69, 9.17) is 9.84 Å². The van der Waals surface area contributed by atoms with Crippen molar-refractivity contribution in [2.45, 2.75) is 20.3 Å². The Bertz CT molecular complexity index is 770. The Kier molecular flexibility index (Phi) is 6.02. The smallest absolute Gasteiger partial charge is 0.335 e. The molecule has 8 heteroatoms. The summed E-state index contributed by atoms with van der Waals surface area (Å²) in [6.45, 7) is 3.83. The Morgan fingerprint density at radius 2 is 2.25 bits per heavy atom. The summed E-state index contributed by atoms with van der Waals surface area (Å²) in [5.74, 6) is -1.29. The highest BCUT2D eigenvalue weighted by atomic mass is 32.1. The summed E-state index contributed by atoms with van der Waals surface area (Å²) >= 11 is 1.32. The third-order valence-electron chi connectivity index (χ3n) is 3.05. The minimum Gasteiger partial charge on any atom is -0.478 e. The van der Waals surface area contributed by atoms with Crippen molar-refractivity contribution >= 4 is 34.6 Å². The monoisotopic (exact) mass is 347 g/mol. The van der Waals surface area contributed by atoms with E-state index in [1.54, 1.807) is 37.4 Å². The molecule has 1 heterocycles. The molecule has 2 rings (SSSR count). The molecule has 0 saturated heterocycles. The Hall–Kier alpha value is -2.74. The summed E-state index contributed by atoms with van der Waals surface area (Å²) in [6, 6.07) is 5.06. The van der Waals surface area contributed by atoms with Crippen LogP contribution in [0.2, 0.25) is 0 Å². The fraction of sp³-hybridized carbons (Fsp3) is 0.250. The summed E-state index contributed by atoms with van der Waals surface area (Å²) in [6.07, 6.45) is 1.63. The van der Waals surface area contributed by atoms with Crippen molar-refractivity contribution in [1.29, 1.82) is 0 Å². The molecule has 7 nitrogen and oxygen atoms in total. The van der Waals surface area contributed by atoms with E-state index in [1.807, 2.05) is 0 Å². The molecule has 0 bridgehead atoms. The van der Waals surface area contributed by atoms with Gasteiger partial charge in [-0.05, 0) is 31.0 Å². The number of carbonyl (C=O) groups excluding carboxylic acids is 1. The first-order valence-electron chi connectivity index (χ1n) is 7.22. The van der Waals surface area contributed by atoms with Crippen LogP contribution < -0.4 is 5.43 Å². The molecule has 0 aliphatic carbocycles. The maximum atomic E-state index is 11.4. The van der Waals surface area contributed by atoms with Crippen LogP contribution in [0.25, 0.3) is 0 Å². The third-order valence-corrected chi connectivity index (χ3v) is 3.84. The molecule has 0 unspecified atom stereocenters. The lowest BCUT2D eigenvalue weighted by atomic mass is 10.1. The van der Waals surface area contributed by atoms with Gasteiger partial charge in [0.05, 0.1) is 30.5 Å². The number of ether oxygens (including phenoxy) is 1. The quantitative estimate of drug-likeness (QED) is 0.454. The molecule has 0 saturated carbocycles. The van der Waals surface area contributed by atoms with Crippen molar-refractivity contribution in [3.63, 3.8) is 0 Å². The summed E-state index contributed by atoms with van der Waals surface area (Å²) in [4.78, 5) is 26.7. The van der Waals surface area contributed by atoms with Gasteiger partial charge in [0.1, 0.15) is 0 Å². The molecule has 2 aromatic rings. The van der Waals surface area contributed by atoms with Gasteiger partial charge in [0.25, 0.3) is 0 Å². The van der Waals surface area contributed by atoms with Gasteiger partial charge in [-0.1, -0.05) is 12.1 Å². The Labute approximate surface area is 143 Å². The molecule has 126 valence electrons. The number of hydrogen-bond acceptors (Lipinski definition) is 7. The molecule has 0 radical (unpaired) electrons. The number of aromatic carboxylic acids is 1. The molecule has 0 fully saturated rings. The van der Waals surface area contributed by atoms with Crippen LogP contribution in [0.15, 0.2) is 28.7 Å². The minimum absolute atomic E-state index is 0.121. The number of nitrogens with zero attached hydrogens (tertiary/aromatic N) is 2. The van der Waals surface area contributed by atoms with Gasteiger partial charge < -0.3 is 9.84 Å². The number of nitrogens with one attached hydrogen (secondary N) is 1. The lowest BCUT2D eigenvalue weighted by molar-refractivity contribution is -0.142. The number of carboxylic acid groups (broad SMARTS) is 1. The van der Waals surface area contributed by atoms with E-state index in [0.29, 0.717) is 28.6 Å². The van der Waals surface area contributed by atoms with Crippen LogP contribution in [-0.2, 0) is 16.0 Å². The highest BCUT2D eigenvalue weighted by Gasteiger charge is 2.08. The van der Waals surface area contributed by atoms with E-state index in [0.717, 1.165) is 0 Å². The number of hydrazone groups is 1. The third kappa shape index (κ3) is 4.88. The summed E-state index contributed by atoms with van der Waals surface area (Å²) in [7, 11) is 0. The minimum atomic E-state index is -0.973. The van der Waals surface area contributed by atoms with Crippen LogP contribution in [0, 0.1) is 6.92 Å². The maximum absolute atomic E-state index is 11.4. The molecule has 0 spiro atoms. The van der Waals surface area contributed by atoms with E-state index in [1.165, 1.54) is 17.6 Å². The molecule has 0 aliphatic heterocycles. The molecule has 2 N–H and O–H groups in total. The first kappa shape index (κ1) is 17.6. The number of carbonyl (C=O) groups is 2. The van der Waals surface area contributed by atoms with Gasteiger partial charge >= 0.3 is 11.9 Å². The fourth-order valence-electron chi connectivity index (χ4n) is 1.91. The van der Waals surface area contributed by atoms with Crippen molar-refractivity contribution in [3.05, 3.63) is 46.0 Å². The van der Waals surface area contributed by atoms with Crippen molar-refractivity contribution < 1.29 is 19.4 Å². The zero-order chi connectivity index (χ0) is 17.5. The number of anilines is 1. The zero-order valence-electron chi connectivity index (χ0n) is 13.3. The number of hydrogen-bond donors (Lipinski definition) is 2. The van der Waals surface area contributed by atoms with Crippen LogP contribution >= 0.6 is 11.3 Å². The number of carboxylic acids is 1. The van der Waals surface area contributed by atoms with E-state index in [-0.39, 0.29) is 18.0 Å². The van der Waals surface area contributed by atoms with Crippen LogP contribution in [0.1, 0.15) is 34.1 Å². The van der Waals surface area contributed by atoms with Crippen LogP contribution in [0.4, 0.5) is 5.13 Å². The van der Waals surface area contributed by atoms with Gasteiger partial charge in [0.2, 0.25) is 5.13 Å². The fourth-order valence-corrected chi connectivity index (χ4v) is 2.57. The average Bonchev–Trinajstić information content (AvgIpc) is 2.96. The highest BCUT2D eigenvalue weighted by molar-refractivity contribution is 7.13. The summed E-state index contributed by atoms with van der Waals surface area (Å²) in [5.41, 5.74) is 4.96. The van der Waals surface area contributed by atoms with Crippen molar-refractivity contribution in [1.82, 2.24) is 4.98 Å². The number of benzene rings is 1. The van der Waals surface area contributed by atoms with Crippen molar-refractivity contribution in [2.75, 3.05) is 12.0 Å². The maximum Gasteiger partial charge on any atom is 0.335 e. The molecular weight excluding hydrogens is 330 g/mol. The lowest BCUT2D eigenvalue weighted by Crippen LogP contribution is -2.07. The molecule has 0 atom stereocenters. The number of aromatic nitrogens is 1. The zero-order valence-corrected chi connectivity index (χ0v) is 14.1. The molecule has 0 aliphatic rings. The Balaban J connectivity index is 1.97. The topological polar surface area (TPSA) is 101 Å². The largest absolute Gasteiger partial charge is 0.478 e. The number of thiazole rings is 1. The Morgan fingerprint density at radius 1 is 1.46 bits per heavy atom. The van der Waals surface area contributed by atoms with Gasteiger partial charge in [-0.15, -0.1) is 11.3 Å². The van der Waals surface area contributed by atoms with Gasteiger partial charge in [-0.2, -0.15) is 5.10 Å². The van der Waals surface area contributed by atoms with Crippen LogP contribution in [0.5, 0.6) is 0 Å². The van der Waals surface area contributed by atoms with Crippen molar-refractivity contribution in [3.8, 4) is 0 Å². The SMILES string of the molecule is CCOC(=O)Cc1csc(NN=Cc2ccc(C)c(C(=O)O)c2)n1. The van der Waals surface area contributed by atoms with E-state index in [9.17, 15) is 9.59 Å². The van der Waals surface area contributed by atoms with Gasteiger partial charge in [-0.3, -0.25) is 10.2 Å². The van der Waals surface area contributed by atoms with Gasteiger partial charge in [0.15, 0.2) is 0 Å². The normalized spacial score (nSPS) is 10.8. The van der Waals surface area contributed by atoms with E-state index < -0.39 is 5.97 Å². The predicted molar refractivity (Wildman–Crippen MR) is 91.8 cm³/mol. The highest BCUT2D eigenvalue weighted by Crippen LogP contribution is 2.16. The summed E-state index contributed by atoms with van der Waals surface area (Å²) in [5, 5.41) is 15.4. The second-order valence-corrected chi connectivity index (χ2v) is 5.73. The molecular formula is C16H17N3O4S. The Morgan fingerprint density at radius 3 is 2.96 bits per heavy atom. The molecule has 0 amide bonds. The van der Waals surface area contributed by atoms with Gasteiger partial charge in [0, 0.05) is 5.38 Å². The second-order valence-electron chi connectivity index (χ2n) is 4.88. The van der Waals surface area contributed by atoms with Gasteiger partial charge in [-0.25, -0.2) is 9.78 Å². The molecule has 24 heavy (non-hydrogen) atoms. The number of aryl methyl sites for hydroxylation is 1. The standard InChI is InChI=1S/C16H17N3O4S/c1-3-23-14(20)7-12-9-24-16(18-12)19-17-8-11-5-4-10(2)13(6-11)15(21)22/h4-6,8-9H,3,7H2,1-2H3,(H,18,19)(H,21,22). The number of esters is 1. The second kappa shape index (κ2) is 8.21. The number of rotatable bonds is 7. The van der Waals surface area contributed by atoms with Crippen LogP contribution in [0.3, 0.4) is 0 Å².